The number of ether oxygens (including phenoxy) is 2. The van der Waals surface area contributed by atoms with Crippen molar-refractivity contribution in [1.29, 1.82) is 0 Å². The molecule has 0 radical (unpaired) electrons. The molecule has 10 heteroatoms. The van der Waals surface area contributed by atoms with Gasteiger partial charge in [-0.15, -0.1) is 0 Å². The van der Waals surface area contributed by atoms with E-state index >= 15 is 0 Å². The first-order valence-corrected chi connectivity index (χ1v) is 9.91. The quantitative estimate of drug-likeness (QED) is 0.170. The summed E-state index contributed by atoms with van der Waals surface area (Å²) >= 11 is 3.31. The van der Waals surface area contributed by atoms with Crippen molar-refractivity contribution in [2.24, 2.45) is 5.10 Å². The normalized spacial score (nSPS) is 10.6. The molecule has 3 aromatic rings. The second kappa shape index (κ2) is 10.3. The average molecular weight is 498 g/mol. The Morgan fingerprint density at radius 1 is 1.06 bits per heavy atom. The molecule has 9 nitrogen and oxygen atoms in total. The fourth-order valence-electron chi connectivity index (χ4n) is 2.67. The van der Waals surface area contributed by atoms with Gasteiger partial charge in [-0.1, -0.05) is 28.1 Å². The van der Waals surface area contributed by atoms with Crippen LogP contribution in [0.4, 0.5) is 5.69 Å². The standard InChI is InChI=1S/C22H16BrN3O6/c1-31-20-11-8-15(23)12-18(20)21(27)25-24-13-14-6-9-16(10-7-14)32-22(28)17-4-2-3-5-19(17)26(29)30/h2-13H,1H3,(H,25,27)/b24-13-. The smallest absolute Gasteiger partial charge is 0.350 e. The maximum absolute atomic E-state index is 12.3. The van der Waals surface area contributed by atoms with Gasteiger partial charge in [0.1, 0.15) is 17.1 Å². The summed E-state index contributed by atoms with van der Waals surface area (Å²) in [5.74, 6) is -0.678. The van der Waals surface area contributed by atoms with Gasteiger partial charge >= 0.3 is 5.97 Å². The molecule has 0 atom stereocenters. The summed E-state index contributed by atoms with van der Waals surface area (Å²) in [7, 11) is 1.47. The predicted molar refractivity (Wildman–Crippen MR) is 120 cm³/mol. The number of para-hydroxylation sites is 1. The van der Waals surface area contributed by atoms with Gasteiger partial charge in [-0.2, -0.15) is 5.10 Å². The number of hydrogen-bond donors (Lipinski definition) is 1. The monoisotopic (exact) mass is 497 g/mol. The van der Waals surface area contributed by atoms with Crippen molar-refractivity contribution < 1.29 is 24.0 Å². The van der Waals surface area contributed by atoms with Gasteiger partial charge in [0.25, 0.3) is 11.6 Å². The highest BCUT2D eigenvalue weighted by Crippen LogP contribution is 2.23. The number of nitro groups is 1. The average Bonchev–Trinajstić information content (AvgIpc) is 2.80. The largest absolute Gasteiger partial charge is 0.496 e. The van der Waals surface area contributed by atoms with E-state index in [4.69, 9.17) is 9.47 Å². The van der Waals surface area contributed by atoms with Crippen LogP contribution in [0.1, 0.15) is 26.3 Å². The van der Waals surface area contributed by atoms with Crippen molar-refractivity contribution in [2.75, 3.05) is 7.11 Å². The highest BCUT2D eigenvalue weighted by Gasteiger charge is 2.21. The van der Waals surface area contributed by atoms with Crippen LogP contribution in [0.15, 0.2) is 76.3 Å². The van der Waals surface area contributed by atoms with Crippen LogP contribution in [0.3, 0.4) is 0 Å². The zero-order chi connectivity index (χ0) is 23.1. The van der Waals surface area contributed by atoms with Crippen LogP contribution in [0.5, 0.6) is 11.5 Å². The Balaban J connectivity index is 1.63. The highest BCUT2D eigenvalue weighted by atomic mass is 79.9. The molecule has 0 aliphatic rings. The van der Waals surface area contributed by atoms with Gasteiger partial charge < -0.3 is 9.47 Å². The van der Waals surface area contributed by atoms with Crippen molar-refractivity contribution in [2.45, 2.75) is 0 Å². The van der Waals surface area contributed by atoms with Gasteiger partial charge in [-0.3, -0.25) is 14.9 Å². The second-order valence-electron chi connectivity index (χ2n) is 6.28. The number of nitrogens with one attached hydrogen (secondary N) is 1. The van der Waals surface area contributed by atoms with Crippen molar-refractivity contribution in [3.05, 3.63) is 98.0 Å². The summed E-state index contributed by atoms with van der Waals surface area (Å²) in [6, 6.07) is 16.8. The molecular weight excluding hydrogens is 482 g/mol. The SMILES string of the molecule is COc1ccc(Br)cc1C(=O)N/N=C\c1ccc(OC(=O)c2ccccc2[N+](=O)[O-])cc1. The summed E-state index contributed by atoms with van der Waals surface area (Å²) in [5.41, 5.74) is 2.87. The topological polar surface area (TPSA) is 120 Å². The zero-order valence-electron chi connectivity index (χ0n) is 16.7. The van der Waals surface area contributed by atoms with Gasteiger partial charge in [0.05, 0.1) is 23.8 Å². The number of carbonyl (C=O) groups excluding carboxylic acids is 2. The molecule has 1 amide bonds. The number of carbonyl (C=O) groups is 2. The van der Waals surface area contributed by atoms with E-state index in [1.165, 1.54) is 49.7 Å². The predicted octanol–water partition coefficient (Wildman–Crippen LogP) is 4.35. The summed E-state index contributed by atoms with van der Waals surface area (Å²) in [6.07, 6.45) is 1.41. The van der Waals surface area contributed by atoms with E-state index in [-0.39, 0.29) is 17.0 Å². The van der Waals surface area contributed by atoms with E-state index in [0.717, 1.165) is 4.47 Å². The minimum absolute atomic E-state index is 0.145. The minimum atomic E-state index is -0.839. The Hall–Kier alpha value is -4.05. The molecule has 0 unspecified atom stereocenters. The summed E-state index contributed by atoms with van der Waals surface area (Å²) in [5, 5.41) is 15.0. The first-order valence-electron chi connectivity index (χ1n) is 9.11. The number of halogens is 1. The number of esters is 1. The van der Waals surface area contributed by atoms with Gasteiger partial charge in [0, 0.05) is 10.5 Å². The van der Waals surface area contributed by atoms with E-state index < -0.39 is 16.8 Å². The molecule has 162 valence electrons. The second-order valence-corrected chi connectivity index (χ2v) is 7.19. The van der Waals surface area contributed by atoms with Crippen molar-refractivity contribution in [3.8, 4) is 11.5 Å². The fourth-order valence-corrected chi connectivity index (χ4v) is 3.03. The number of nitro benzene ring substituents is 1. The highest BCUT2D eigenvalue weighted by molar-refractivity contribution is 9.10. The first-order chi connectivity index (χ1) is 15.4. The van der Waals surface area contributed by atoms with Crippen LogP contribution in [0.2, 0.25) is 0 Å². The third-order valence-electron chi connectivity index (χ3n) is 4.20. The molecule has 32 heavy (non-hydrogen) atoms. The molecule has 1 N–H and O–H groups in total. The molecule has 0 bridgehead atoms. The lowest BCUT2D eigenvalue weighted by Crippen LogP contribution is -2.18. The molecule has 0 heterocycles. The van der Waals surface area contributed by atoms with Gasteiger partial charge in [0.2, 0.25) is 0 Å². The van der Waals surface area contributed by atoms with Gasteiger partial charge in [-0.05, 0) is 54.1 Å². The Bertz CT molecular complexity index is 1190. The number of amides is 1. The molecule has 0 spiro atoms. The molecule has 3 aromatic carbocycles. The molecule has 0 fully saturated rings. The maximum atomic E-state index is 12.3. The number of rotatable bonds is 7. The van der Waals surface area contributed by atoms with Crippen LogP contribution in [0.25, 0.3) is 0 Å². The molecule has 0 saturated carbocycles. The number of benzene rings is 3. The van der Waals surface area contributed by atoms with E-state index in [9.17, 15) is 19.7 Å². The molecule has 0 aliphatic carbocycles. The van der Waals surface area contributed by atoms with Crippen LogP contribution in [0, 0.1) is 10.1 Å². The number of nitrogens with zero attached hydrogens (tertiary/aromatic N) is 2. The first kappa shape index (κ1) is 22.6. The summed E-state index contributed by atoms with van der Waals surface area (Å²) in [6.45, 7) is 0. The molecule has 0 saturated heterocycles. The van der Waals surface area contributed by atoms with Crippen LogP contribution >= 0.6 is 15.9 Å². The van der Waals surface area contributed by atoms with Crippen molar-refractivity contribution in [1.82, 2.24) is 5.43 Å². The number of methoxy groups -OCH3 is 1. The third-order valence-corrected chi connectivity index (χ3v) is 4.69. The zero-order valence-corrected chi connectivity index (χ0v) is 18.2. The number of hydrogen-bond acceptors (Lipinski definition) is 7. The molecule has 3 rings (SSSR count). The lowest BCUT2D eigenvalue weighted by Gasteiger charge is -2.07. The van der Waals surface area contributed by atoms with E-state index in [0.29, 0.717) is 16.9 Å². The van der Waals surface area contributed by atoms with Crippen LogP contribution in [-0.2, 0) is 0 Å². The van der Waals surface area contributed by atoms with Crippen LogP contribution < -0.4 is 14.9 Å². The lowest BCUT2D eigenvalue weighted by atomic mass is 10.2. The minimum Gasteiger partial charge on any atom is -0.496 e. The van der Waals surface area contributed by atoms with Gasteiger partial charge in [0.15, 0.2) is 0 Å². The van der Waals surface area contributed by atoms with E-state index in [1.54, 1.807) is 30.3 Å². The van der Waals surface area contributed by atoms with E-state index in [2.05, 4.69) is 26.5 Å². The molecule has 0 aliphatic heterocycles. The van der Waals surface area contributed by atoms with Gasteiger partial charge in [-0.25, -0.2) is 10.2 Å². The fraction of sp³-hybridized carbons (Fsp3) is 0.0455. The Kier molecular flexibility index (Phi) is 7.29. The summed E-state index contributed by atoms with van der Waals surface area (Å²) in [4.78, 5) is 35.0. The Morgan fingerprint density at radius 2 is 1.78 bits per heavy atom. The lowest BCUT2D eigenvalue weighted by molar-refractivity contribution is -0.385. The van der Waals surface area contributed by atoms with Crippen LogP contribution in [-0.4, -0.2) is 30.1 Å². The molecule has 0 aromatic heterocycles. The van der Waals surface area contributed by atoms with Crippen molar-refractivity contribution >= 4 is 39.7 Å². The maximum Gasteiger partial charge on any atom is 0.350 e. The molecular formula is C22H16BrN3O6. The van der Waals surface area contributed by atoms with E-state index in [1.807, 2.05) is 0 Å². The summed E-state index contributed by atoms with van der Waals surface area (Å²) < 4.78 is 11.1. The Labute approximate surface area is 190 Å². The third kappa shape index (κ3) is 5.55. The Morgan fingerprint density at radius 3 is 2.47 bits per heavy atom. The van der Waals surface area contributed by atoms with Crippen molar-refractivity contribution in [3.63, 3.8) is 0 Å². The number of hydrazone groups is 1.